The highest BCUT2D eigenvalue weighted by Gasteiger charge is 2.54. The summed E-state index contributed by atoms with van der Waals surface area (Å²) in [6, 6.07) is 114. The SMILES string of the molecule is Brc1cc2c(c3oc4ccccc4c13)-c1ccccc1C21c2ccccc2-c2ccccc21.CC(C)(C)c1ccc(N(c2ccccc2)c2cc3c(c4oc5ccccc5c24)-c2ccccc2C32c3ccccc3-c3ccccc32)cc1.CC(C)(C)c1ccc(Nc2ccccc2)cc1. The third kappa shape index (κ3) is 9.17. The summed E-state index contributed by atoms with van der Waals surface area (Å²) in [5.41, 5.74) is 32.1. The summed E-state index contributed by atoms with van der Waals surface area (Å²) < 4.78 is 14.7. The Morgan fingerprint density at radius 3 is 1.10 bits per heavy atom. The molecule has 0 amide bonds. The van der Waals surface area contributed by atoms with Crippen molar-refractivity contribution in [2.24, 2.45) is 0 Å². The molecule has 2 aromatic heterocycles. The minimum absolute atomic E-state index is 0.0547. The Hall–Kier alpha value is -11.2. The lowest BCUT2D eigenvalue weighted by atomic mass is 9.70. The average Bonchev–Trinajstić information content (AvgIpc) is 1.51. The summed E-state index contributed by atoms with van der Waals surface area (Å²) in [7, 11) is 0. The zero-order valence-electron chi connectivity index (χ0n) is 56.2. The van der Waals surface area contributed by atoms with Crippen LogP contribution in [-0.4, -0.2) is 0 Å². The van der Waals surface area contributed by atoms with Crippen LogP contribution in [0.4, 0.5) is 28.4 Å². The second-order valence-corrected chi connectivity index (χ2v) is 29.6. The molecule has 1 N–H and O–H groups in total. The molecule has 5 heteroatoms. The second-order valence-electron chi connectivity index (χ2n) is 28.8. The minimum Gasteiger partial charge on any atom is -0.455 e. The Morgan fingerprint density at radius 1 is 0.313 bits per heavy atom. The molecule has 0 atom stereocenters. The number of rotatable bonds is 5. The molecule has 4 aliphatic carbocycles. The molecule has 99 heavy (non-hydrogen) atoms. The fourth-order valence-corrected chi connectivity index (χ4v) is 17.5. The maximum Gasteiger partial charge on any atom is 0.145 e. The van der Waals surface area contributed by atoms with Crippen molar-refractivity contribution < 1.29 is 8.83 Å². The number of nitrogens with one attached hydrogen (secondary N) is 1. The summed E-state index contributed by atoms with van der Waals surface area (Å²) in [6.45, 7) is 13.5. The van der Waals surface area contributed by atoms with E-state index >= 15 is 0 Å². The van der Waals surface area contributed by atoms with E-state index in [4.69, 9.17) is 8.83 Å². The lowest BCUT2D eigenvalue weighted by molar-refractivity contribution is 0.590. The van der Waals surface area contributed by atoms with Crippen LogP contribution in [-0.2, 0) is 21.7 Å². The van der Waals surface area contributed by atoms with Gasteiger partial charge in [-0.2, -0.15) is 0 Å². The van der Waals surface area contributed by atoms with Crippen LogP contribution in [0.25, 0.3) is 88.4 Å². The van der Waals surface area contributed by atoms with E-state index in [0.29, 0.717) is 0 Å². The molecule has 0 aliphatic heterocycles. The van der Waals surface area contributed by atoms with E-state index in [1.54, 1.807) is 0 Å². The molecule has 0 saturated carbocycles. The highest BCUT2D eigenvalue weighted by molar-refractivity contribution is 9.10. The quantitative estimate of drug-likeness (QED) is 0.186. The standard InChI is InChI=1S/C47H35NO.C31H17BrO.C16H19N/c1-46(2,3)30-25-27-32(28-26-30)48(31-15-5-4-6-16-31)41-29-40-43(45-44(41)36-20-10-14-24-42(36)49-45)35-19-9-13-23-39(35)47(40)37-21-11-7-17-33(37)34-18-8-12-22-38(34)47;32-26-17-25-28(30-29(26)21-12-4-8-16-27(21)33-30)20-11-3-7-15-24(20)31(25)22-13-5-1-9-18(22)19-10-2-6-14-23(19)31;1-16(2,3)13-9-11-15(12-10-13)17-14-7-5-4-6-8-14/h4-29H,1-3H3;1-17H;4-12,17H,1-3H3. The maximum atomic E-state index is 7.03. The van der Waals surface area contributed by atoms with Gasteiger partial charge in [0.25, 0.3) is 0 Å². The first-order valence-corrected chi connectivity index (χ1v) is 35.2. The number of hydrogen-bond acceptors (Lipinski definition) is 4. The summed E-state index contributed by atoms with van der Waals surface area (Å²) in [5.74, 6) is 0. The molecular formula is C94H71BrN2O2. The van der Waals surface area contributed by atoms with Crippen molar-refractivity contribution in [3.63, 3.8) is 0 Å². The smallest absolute Gasteiger partial charge is 0.145 e. The number of halogens is 1. The van der Waals surface area contributed by atoms with Crippen LogP contribution in [0.1, 0.15) is 97.2 Å². The van der Waals surface area contributed by atoms with Gasteiger partial charge in [-0.15, -0.1) is 0 Å². The van der Waals surface area contributed by atoms with Crippen LogP contribution in [0.15, 0.2) is 329 Å². The number of benzene rings is 14. The lowest BCUT2D eigenvalue weighted by Gasteiger charge is -2.32. The molecule has 4 aliphatic rings. The molecule has 2 heterocycles. The summed E-state index contributed by atoms with van der Waals surface area (Å²) in [6.07, 6.45) is 0. The van der Waals surface area contributed by atoms with Crippen LogP contribution in [0.3, 0.4) is 0 Å². The van der Waals surface area contributed by atoms with Gasteiger partial charge in [-0.25, -0.2) is 0 Å². The van der Waals surface area contributed by atoms with Crippen LogP contribution < -0.4 is 10.2 Å². The minimum atomic E-state index is -0.487. The van der Waals surface area contributed by atoms with E-state index in [-0.39, 0.29) is 16.2 Å². The van der Waals surface area contributed by atoms with Gasteiger partial charge in [0.05, 0.1) is 21.9 Å². The van der Waals surface area contributed by atoms with Crippen LogP contribution >= 0.6 is 15.9 Å². The van der Waals surface area contributed by atoms with E-state index in [1.165, 1.54) is 100 Å². The number of fused-ring (bicyclic) bond motifs is 28. The molecule has 0 unspecified atom stereocenters. The van der Waals surface area contributed by atoms with Crippen molar-refractivity contribution in [1.82, 2.24) is 0 Å². The molecule has 0 radical (unpaired) electrons. The third-order valence-corrected chi connectivity index (χ3v) is 21.8. The third-order valence-electron chi connectivity index (χ3n) is 21.2. The van der Waals surface area contributed by atoms with E-state index < -0.39 is 5.41 Å². The highest BCUT2D eigenvalue weighted by atomic mass is 79.9. The fourth-order valence-electron chi connectivity index (χ4n) is 16.9. The summed E-state index contributed by atoms with van der Waals surface area (Å²) in [4.78, 5) is 2.43. The Morgan fingerprint density at radius 2 is 0.646 bits per heavy atom. The Balaban J connectivity index is 0.000000121. The predicted octanol–water partition coefficient (Wildman–Crippen LogP) is 26.1. The number of furan rings is 2. The van der Waals surface area contributed by atoms with Gasteiger partial charge in [0.1, 0.15) is 22.3 Å². The maximum absolute atomic E-state index is 7.03. The van der Waals surface area contributed by atoms with Gasteiger partial charge in [-0.3, -0.25) is 0 Å². The van der Waals surface area contributed by atoms with E-state index in [9.17, 15) is 0 Å². The summed E-state index contributed by atoms with van der Waals surface area (Å²) >= 11 is 3.95. The zero-order chi connectivity index (χ0) is 66.9. The first kappa shape index (κ1) is 60.2. The Kier molecular flexibility index (Phi) is 14.0. The van der Waals surface area contributed by atoms with Crippen molar-refractivity contribution >= 4 is 88.2 Å². The number of para-hydroxylation sites is 4. The molecule has 0 bridgehead atoms. The second kappa shape index (κ2) is 22.9. The van der Waals surface area contributed by atoms with Crippen LogP contribution in [0.5, 0.6) is 0 Å². The summed E-state index contributed by atoms with van der Waals surface area (Å²) in [5, 5.41) is 7.93. The molecular weight excluding hydrogens is 1270 g/mol. The molecule has 0 fully saturated rings. The number of hydrogen-bond donors (Lipinski definition) is 1. The normalized spacial score (nSPS) is 13.6. The van der Waals surface area contributed by atoms with Gasteiger partial charge in [0.2, 0.25) is 0 Å². The van der Waals surface area contributed by atoms with Crippen LogP contribution in [0.2, 0.25) is 0 Å². The van der Waals surface area contributed by atoms with Gasteiger partial charge in [-0.05, 0) is 173 Å². The van der Waals surface area contributed by atoms with Crippen molar-refractivity contribution in [1.29, 1.82) is 0 Å². The molecule has 20 rings (SSSR count). The predicted molar refractivity (Wildman–Crippen MR) is 416 cm³/mol. The first-order chi connectivity index (χ1) is 48.3. The number of nitrogens with zero attached hydrogens (tertiary/aromatic N) is 1. The lowest BCUT2D eigenvalue weighted by Crippen LogP contribution is -2.26. The highest BCUT2D eigenvalue weighted by Crippen LogP contribution is 2.67. The van der Waals surface area contributed by atoms with Crippen molar-refractivity contribution in [3.05, 3.63) is 376 Å². The monoisotopic (exact) mass is 1340 g/mol. The first-order valence-electron chi connectivity index (χ1n) is 34.4. The topological polar surface area (TPSA) is 41.6 Å². The van der Waals surface area contributed by atoms with Gasteiger partial charge in [0.15, 0.2) is 0 Å². The van der Waals surface area contributed by atoms with Gasteiger partial charge in [0, 0.05) is 54.5 Å². The molecule has 4 nitrogen and oxygen atoms in total. The van der Waals surface area contributed by atoms with Crippen molar-refractivity contribution in [2.75, 3.05) is 10.2 Å². The van der Waals surface area contributed by atoms with Gasteiger partial charge >= 0.3 is 0 Å². The van der Waals surface area contributed by atoms with Crippen molar-refractivity contribution in [2.45, 2.75) is 63.2 Å². The molecule has 476 valence electrons. The van der Waals surface area contributed by atoms with Gasteiger partial charge in [-0.1, -0.05) is 300 Å². The van der Waals surface area contributed by atoms with Gasteiger partial charge < -0.3 is 19.1 Å². The molecule has 2 spiro atoms. The largest absolute Gasteiger partial charge is 0.455 e. The van der Waals surface area contributed by atoms with Crippen molar-refractivity contribution in [3.8, 4) is 44.5 Å². The van der Waals surface area contributed by atoms with E-state index in [1.807, 2.05) is 24.3 Å². The zero-order valence-corrected chi connectivity index (χ0v) is 57.7. The van der Waals surface area contributed by atoms with Crippen LogP contribution in [0, 0.1) is 0 Å². The Labute approximate surface area is 586 Å². The average molecular weight is 1340 g/mol. The van der Waals surface area contributed by atoms with E-state index in [0.717, 1.165) is 76.8 Å². The fraction of sp³-hybridized carbons (Fsp3) is 0.106. The van der Waals surface area contributed by atoms with E-state index in [2.05, 4.69) is 359 Å². The Bertz CT molecular complexity index is 5780. The molecule has 16 aromatic rings. The number of anilines is 5. The molecule has 0 saturated heterocycles. The molecule has 14 aromatic carbocycles.